The number of carbonyl (C=O) groups is 1. The lowest BCUT2D eigenvalue weighted by Crippen LogP contribution is -2.44. The van der Waals surface area contributed by atoms with Crippen molar-refractivity contribution >= 4 is 33.0 Å². The van der Waals surface area contributed by atoms with Crippen molar-refractivity contribution in [2.75, 3.05) is 0 Å². The van der Waals surface area contributed by atoms with Crippen LogP contribution in [0.5, 0.6) is 0 Å². The first-order chi connectivity index (χ1) is 6.49. The minimum Gasteiger partial charge on any atom is -0.319 e. The summed E-state index contributed by atoms with van der Waals surface area (Å²) >= 11 is 4.78. The Morgan fingerprint density at radius 2 is 2.36 bits per heavy atom. The van der Waals surface area contributed by atoms with E-state index in [1.807, 2.05) is 18.4 Å². The summed E-state index contributed by atoms with van der Waals surface area (Å²) in [4.78, 5) is 12.7. The number of rotatable bonds is 4. The van der Waals surface area contributed by atoms with Crippen molar-refractivity contribution < 1.29 is 4.79 Å². The molecule has 0 saturated carbocycles. The van der Waals surface area contributed by atoms with E-state index in [1.54, 1.807) is 6.92 Å². The zero-order valence-electron chi connectivity index (χ0n) is 8.34. The fourth-order valence-corrected chi connectivity index (χ4v) is 2.98. The van der Waals surface area contributed by atoms with Gasteiger partial charge in [0.15, 0.2) is 5.78 Å². The molecule has 4 heteroatoms. The number of hydrogen-bond donors (Lipinski definition) is 1. The molecule has 0 bridgehead atoms. The van der Waals surface area contributed by atoms with E-state index < -0.39 is 5.54 Å². The maximum Gasteiger partial charge on any atom is 0.193 e. The summed E-state index contributed by atoms with van der Waals surface area (Å²) in [6.45, 7) is 3.83. The van der Waals surface area contributed by atoms with Crippen molar-refractivity contribution in [1.29, 1.82) is 0 Å². The van der Waals surface area contributed by atoms with Gasteiger partial charge in [0, 0.05) is 4.47 Å². The molecule has 14 heavy (non-hydrogen) atoms. The molecule has 0 aliphatic carbocycles. The molecular weight excluding hydrogens is 262 g/mol. The highest BCUT2D eigenvalue weighted by atomic mass is 79.9. The molecule has 2 nitrogen and oxygen atoms in total. The second-order valence-electron chi connectivity index (χ2n) is 3.59. The SMILES string of the molecule is CCCC(C)(N)C(=O)c1sccc1Br. The van der Waals surface area contributed by atoms with Crippen LogP contribution in [0, 0.1) is 0 Å². The highest BCUT2D eigenvalue weighted by Crippen LogP contribution is 2.27. The number of nitrogens with two attached hydrogens (primary N) is 1. The molecule has 0 saturated heterocycles. The molecule has 1 heterocycles. The second-order valence-corrected chi connectivity index (χ2v) is 5.36. The molecule has 1 atom stereocenters. The standard InChI is InChI=1S/C10H14BrNOS/c1-3-5-10(2,12)9(13)8-7(11)4-6-14-8/h4,6H,3,5,12H2,1-2H3. The third-order valence-corrected chi connectivity index (χ3v) is 3.95. The Labute approximate surface area is 96.6 Å². The lowest BCUT2D eigenvalue weighted by atomic mass is 9.91. The van der Waals surface area contributed by atoms with Gasteiger partial charge in [0.25, 0.3) is 0 Å². The first-order valence-electron chi connectivity index (χ1n) is 4.55. The van der Waals surface area contributed by atoms with Crippen molar-refractivity contribution in [2.45, 2.75) is 32.2 Å². The van der Waals surface area contributed by atoms with E-state index in [9.17, 15) is 4.79 Å². The van der Waals surface area contributed by atoms with Gasteiger partial charge in [0.2, 0.25) is 0 Å². The van der Waals surface area contributed by atoms with Crippen molar-refractivity contribution in [3.8, 4) is 0 Å². The summed E-state index contributed by atoms with van der Waals surface area (Å²) in [6.07, 6.45) is 1.64. The molecule has 0 aliphatic rings. The summed E-state index contributed by atoms with van der Waals surface area (Å²) in [5, 5.41) is 1.89. The molecule has 1 unspecified atom stereocenters. The monoisotopic (exact) mass is 275 g/mol. The van der Waals surface area contributed by atoms with E-state index in [2.05, 4.69) is 15.9 Å². The highest BCUT2D eigenvalue weighted by Gasteiger charge is 2.30. The van der Waals surface area contributed by atoms with E-state index in [-0.39, 0.29) is 5.78 Å². The number of Topliss-reactive ketones (excluding diaryl/α,β-unsaturated/α-hetero) is 1. The zero-order valence-corrected chi connectivity index (χ0v) is 10.7. The molecule has 78 valence electrons. The van der Waals surface area contributed by atoms with Crippen LogP contribution in [0.1, 0.15) is 36.4 Å². The molecule has 0 amide bonds. The van der Waals surface area contributed by atoms with Gasteiger partial charge in [-0.1, -0.05) is 13.3 Å². The van der Waals surface area contributed by atoms with Crippen LogP contribution in [0.4, 0.5) is 0 Å². The molecule has 0 radical (unpaired) electrons. The molecular formula is C10H14BrNOS. The lowest BCUT2D eigenvalue weighted by molar-refractivity contribution is 0.0896. The van der Waals surface area contributed by atoms with Gasteiger partial charge in [-0.3, -0.25) is 4.79 Å². The largest absolute Gasteiger partial charge is 0.319 e. The Morgan fingerprint density at radius 1 is 1.71 bits per heavy atom. The van der Waals surface area contributed by atoms with E-state index >= 15 is 0 Å². The number of halogens is 1. The minimum absolute atomic E-state index is 0.0289. The Kier molecular flexibility index (Phi) is 3.86. The van der Waals surface area contributed by atoms with E-state index in [4.69, 9.17) is 5.73 Å². The predicted octanol–water partition coefficient (Wildman–Crippen LogP) is 3.21. The van der Waals surface area contributed by atoms with Crippen molar-refractivity contribution in [2.24, 2.45) is 5.73 Å². The first kappa shape index (κ1) is 11.9. The molecule has 0 aromatic carbocycles. The van der Waals surface area contributed by atoms with E-state index in [0.717, 1.165) is 22.2 Å². The molecule has 0 aliphatic heterocycles. The van der Waals surface area contributed by atoms with Crippen LogP contribution >= 0.6 is 27.3 Å². The Balaban J connectivity index is 2.90. The average molecular weight is 276 g/mol. The smallest absolute Gasteiger partial charge is 0.193 e. The Morgan fingerprint density at radius 3 is 2.79 bits per heavy atom. The van der Waals surface area contributed by atoms with Crippen LogP contribution in [-0.4, -0.2) is 11.3 Å². The lowest BCUT2D eigenvalue weighted by Gasteiger charge is -2.21. The summed E-state index contributed by atoms with van der Waals surface area (Å²) in [6, 6.07) is 1.87. The number of hydrogen-bond acceptors (Lipinski definition) is 3. The fraction of sp³-hybridized carbons (Fsp3) is 0.500. The maximum atomic E-state index is 12.0. The van der Waals surface area contributed by atoms with Crippen LogP contribution in [0.2, 0.25) is 0 Å². The van der Waals surface area contributed by atoms with E-state index in [1.165, 1.54) is 11.3 Å². The summed E-state index contributed by atoms with van der Waals surface area (Å²) < 4.78 is 0.847. The summed E-state index contributed by atoms with van der Waals surface area (Å²) in [7, 11) is 0. The van der Waals surface area contributed by atoms with Crippen LogP contribution in [0.15, 0.2) is 15.9 Å². The molecule has 2 N–H and O–H groups in total. The molecule has 0 spiro atoms. The predicted molar refractivity (Wildman–Crippen MR) is 63.8 cm³/mol. The average Bonchev–Trinajstić information content (AvgIpc) is 2.50. The maximum absolute atomic E-state index is 12.0. The van der Waals surface area contributed by atoms with Gasteiger partial charge < -0.3 is 5.73 Å². The van der Waals surface area contributed by atoms with Gasteiger partial charge in [0.1, 0.15) is 0 Å². The van der Waals surface area contributed by atoms with Gasteiger partial charge in [-0.2, -0.15) is 0 Å². The fourth-order valence-electron chi connectivity index (χ4n) is 1.35. The molecule has 1 rings (SSSR count). The Bertz CT molecular complexity index is 333. The summed E-state index contributed by atoms with van der Waals surface area (Å²) in [5.74, 6) is 0.0289. The zero-order chi connectivity index (χ0) is 10.8. The molecule has 1 aromatic rings. The normalized spacial score (nSPS) is 15.1. The van der Waals surface area contributed by atoms with Crippen molar-refractivity contribution in [3.63, 3.8) is 0 Å². The van der Waals surface area contributed by atoms with Gasteiger partial charge in [0.05, 0.1) is 10.4 Å². The number of thiophene rings is 1. The van der Waals surface area contributed by atoms with Crippen LogP contribution in [-0.2, 0) is 0 Å². The third kappa shape index (κ3) is 2.43. The van der Waals surface area contributed by atoms with Crippen molar-refractivity contribution in [3.05, 3.63) is 20.8 Å². The van der Waals surface area contributed by atoms with Crippen molar-refractivity contribution in [1.82, 2.24) is 0 Å². The van der Waals surface area contributed by atoms with Gasteiger partial charge in [-0.25, -0.2) is 0 Å². The topological polar surface area (TPSA) is 43.1 Å². The van der Waals surface area contributed by atoms with Gasteiger partial charge in [-0.15, -0.1) is 11.3 Å². The highest BCUT2D eigenvalue weighted by molar-refractivity contribution is 9.10. The number of carbonyl (C=O) groups excluding carboxylic acids is 1. The third-order valence-electron chi connectivity index (χ3n) is 2.11. The second kappa shape index (κ2) is 4.55. The first-order valence-corrected chi connectivity index (χ1v) is 6.23. The molecule has 0 fully saturated rings. The van der Waals surface area contributed by atoms with Crippen LogP contribution in [0.3, 0.4) is 0 Å². The minimum atomic E-state index is -0.734. The van der Waals surface area contributed by atoms with Gasteiger partial charge in [-0.05, 0) is 40.7 Å². The van der Waals surface area contributed by atoms with Crippen LogP contribution in [0.25, 0.3) is 0 Å². The summed E-state index contributed by atoms with van der Waals surface area (Å²) in [5.41, 5.74) is 5.23. The Hall–Kier alpha value is -0.190. The molecule has 1 aromatic heterocycles. The van der Waals surface area contributed by atoms with E-state index in [0.29, 0.717) is 0 Å². The number of ketones is 1. The quantitative estimate of drug-likeness (QED) is 0.858. The van der Waals surface area contributed by atoms with Crippen LogP contribution < -0.4 is 5.73 Å². The van der Waals surface area contributed by atoms with Gasteiger partial charge >= 0.3 is 0 Å².